The Kier molecular flexibility index (Phi) is 6.51. The number of fused-ring (bicyclic) bond motifs is 10. The minimum atomic E-state index is -0.780. The van der Waals surface area contributed by atoms with Gasteiger partial charge in [-0.05, 0) is 153 Å². The predicted octanol–water partition coefficient (Wildman–Crippen LogP) is 5.86. The lowest BCUT2D eigenvalue weighted by Crippen LogP contribution is -2.65. The molecule has 0 aromatic heterocycles. The topological polar surface area (TPSA) is 113 Å². The van der Waals surface area contributed by atoms with Gasteiger partial charge >= 0.3 is 0 Å². The fourth-order valence-corrected chi connectivity index (χ4v) is 14.9. The Balaban J connectivity index is 1.16. The molecule has 8 rings (SSSR count). The quantitative estimate of drug-likeness (QED) is 0.245. The lowest BCUT2D eigenvalue weighted by Gasteiger charge is -2.66. The van der Waals surface area contributed by atoms with Crippen molar-refractivity contribution in [2.45, 2.75) is 147 Å². The monoisotopic (exact) mass is 592 g/mol. The maximum absolute atomic E-state index is 13.4. The van der Waals surface area contributed by atoms with Crippen LogP contribution >= 0.6 is 0 Å². The van der Waals surface area contributed by atoms with E-state index >= 15 is 0 Å². The summed E-state index contributed by atoms with van der Waals surface area (Å²) in [5.74, 6) is 2.98. The molecule has 0 heterocycles. The molecule has 0 bridgehead atoms. The standard InChI is InChI=1S/C38H60N2O3/c1-34-13-9-23(39)18-22(34)19-30(41)33-28(34)11-15-36(3)29(33)12-16-38(36,43)31-20-24(40)17-21-5-6-25-26-7-8-32(42)35(26,2)14-10-27(25)37(21,31)4/h17-18,23-33,41-43H,5-16,19-20,39-40H2,1-4H3/t23?,24?,25-,26-,27+,28+,29-,30?,31?,32?,33+,34-,35-,36-,37-,38?/m0/s1. The van der Waals surface area contributed by atoms with E-state index in [0.29, 0.717) is 29.6 Å². The Morgan fingerprint density at radius 1 is 0.721 bits per heavy atom. The lowest BCUT2D eigenvalue weighted by atomic mass is 9.40. The number of allylic oxidation sites excluding steroid dienone is 1. The number of aliphatic hydroxyl groups is 3. The van der Waals surface area contributed by atoms with Crippen LogP contribution in [0.15, 0.2) is 23.3 Å². The van der Waals surface area contributed by atoms with Gasteiger partial charge in [0, 0.05) is 12.1 Å². The minimum Gasteiger partial charge on any atom is -0.393 e. The molecule has 0 amide bonds. The zero-order chi connectivity index (χ0) is 30.3. The molecule has 0 spiro atoms. The molecule has 6 saturated carbocycles. The van der Waals surface area contributed by atoms with Crippen molar-refractivity contribution in [3.63, 3.8) is 0 Å². The molecule has 6 unspecified atom stereocenters. The van der Waals surface area contributed by atoms with Crippen LogP contribution in [-0.2, 0) is 0 Å². The number of rotatable bonds is 1. The third kappa shape index (κ3) is 3.64. The molecule has 5 nitrogen and oxygen atoms in total. The molecule has 8 aliphatic carbocycles. The van der Waals surface area contributed by atoms with Crippen LogP contribution in [-0.4, -0.2) is 45.2 Å². The van der Waals surface area contributed by atoms with Gasteiger partial charge in [-0.15, -0.1) is 0 Å². The average Bonchev–Trinajstić information content (AvgIpc) is 3.42. The van der Waals surface area contributed by atoms with Crippen LogP contribution in [0.3, 0.4) is 0 Å². The molecular formula is C38H60N2O3. The maximum atomic E-state index is 13.4. The van der Waals surface area contributed by atoms with Crippen molar-refractivity contribution in [1.29, 1.82) is 0 Å². The summed E-state index contributed by atoms with van der Waals surface area (Å²) in [7, 11) is 0. The fraction of sp³-hybridized carbons (Fsp3) is 0.895. The maximum Gasteiger partial charge on any atom is 0.0741 e. The fourth-order valence-electron chi connectivity index (χ4n) is 14.9. The van der Waals surface area contributed by atoms with E-state index in [1.807, 2.05) is 0 Å². The van der Waals surface area contributed by atoms with Gasteiger partial charge in [0.05, 0.1) is 17.8 Å². The van der Waals surface area contributed by atoms with Gasteiger partial charge in [-0.2, -0.15) is 0 Å². The molecule has 5 heteroatoms. The molecule has 7 N–H and O–H groups in total. The molecule has 0 aliphatic heterocycles. The molecule has 0 radical (unpaired) electrons. The van der Waals surface area contributed by atoms with Crippen LogP contribution in [0, 0.1) is 63.1 Å². The van der Waals surface area contributed by atoms with Crippen LogP contribution in [0.25, 0.3) is 0 Å². The van der Waals surface area contributed by atoms with Crippen molar-refractivity contribution < 1.29 is 15.3 Å². The molecule has 16 atom stereocenters. The molecule has 0 aromatic carbocycles. The summed E-state index contributed by atoms with van der Waals surface area (Å²) in [6.45, 7) is 9.81. The van der Waals surface area contributed by atoms with Crippen molar-refractivity contribution in [3.8, 4) is 0 Å². The number of aliphatic hydroxyl groups excluding tert-OH is 2. The molecular weight excluding hydrogens is 532 g/mol. The van der Waals surface area contributed by atoms with Gasteiger partial charge in [-0.25, -0.2) is 0 Å². The molecule has 0 aromatic rings. The lowest BCUT2D eigenvalue weighted by molar-refractivity contribution is -0.205. The highest BCUT2D eigenvalue weighted by atomic mass is 16.3. The van der Waals surface area contributed by atoms with E-state index in [1.165, 1.54) is 17.6 Å². The Hall–Kier alpha value is -0.720. The SMILES string of the molecule is C[C@]12CCC(N)C=C1CC(O)[C@@H]1[C@H]2CC[C@@]2(C)[C@H]1CCC2(O)C1CC(N)C=C2CC[C@@H]3[C@@H](CC[C@]4(C)C(O)CC[C@@H]34)[C@]21C. The summed E-state index contributed by atoms with van der Waals surface area (Å²) in [4.78, 5) is 0. The van der Waals surface area contributed by atoms with Crippen LogP contribution in [0.1, 0.15) is 118 Å². The zero-order valence-corrected chi connectivity index (χ0v) is 27.4. The first-order chi connectivity index (χ1) is 20.3. The van der Waals surface area contributed by atoms with Crippen molar-refractivity contribution in [2.75, 3.05) is 0 Å². The van der Waals surface area contributed by atoms with Gasteiger partial charge in [-0.3, -0.25) is 0 Å². The number of hydrogen-bond acceptors (Lipinski definition) is 5. The predicted molar refractivity (Wildman–Crippen MR) is 171 cm³/mol. The van der Waals surface area contributed by atoms with E-state index in [-0.39, 0.29) is 57.8 Å². The minimum absolute atomic E-state index is 0.00752. The first kappa shape index (κ1) is 29.7. The second-order valence-electron chi connectivity index (χ2n) is 18.3. The van der Waals surface area contributed by atoms with E-state index in [2.05, 4.69) is 39.8 Å². The Morgan fingerprint density at radius 2 is 1.44 bits per heavy atom. The third-order valence-electron chi connectivity index (χ3n) is 17.2. The summed E-state index contributed by atoms with van der Waals surface area (Å²) in [5, 5.41) is 36.3. The van der Waals surface area contributed by atoms with Crippen molar-refractivity contribution in [1.82, 2.24) is 0 Å². The first-order valence-corrected chi connectivity index (χ1v) is 18.3. The van der Waals surface area contributed by atoms with Crippen molar-refractivity contribution in [3.05, 3.63) is 23.3 Å². The van der Waals surface area contributed by atoms with E-state index in [0.717, 1.165) is 83.5 Å². The Bertz CT molecular complexity index is 1230. The van der Waals surface area contributed by atoms with E-state index in [4.69, 9.17) is 11.5 Å². The smallest absolute Gasteiger partial charge is 0.0741 e. The van der Waals surface area contributed by atoms with Crippen molar-refractivity contribution >= 4 is 0 Å². The molecule has 0 saturated heterocycles. The van der Waals surface area contributed by atoms with Gasteiger partial charge in [-0.1, -0.05) is 51.0 Å². The van der Waals surface area contributed by atoms with Crippen LogP contribution in [0.4, 0.5) is 0 Å². The Morgan fingerprint density at radius 3 is 2.23 bits per heavy atom. The summed E-state index contributed by atoms with van der Waals surface area (Å²) in [6, 6.07) is 0.133. The summed E-state index contributed by atoms with van der Waals surface area (Å²) >= 11 is 0. The third-order valence-corrected chi connectivity index (χ3v) is 17.2. The van der Waals surface area contributed by atoms with E-state index in [1.54, 1.807) is 0 Å². The summed E-state index contributed by atoms with van der Waals surface area (Å²) < 4.78 is 0. The highest BCUT2D eigenvalue weighted by molar-refractivity contribution is 5.33. The van der Waals surface area contributed by atoms with Gasteiger partial charge in [0.15, 0.2) is 0 Å². The molecule has 240 valence electrons. The normalized spacial score (nSPS) is 60.8. The zero-order valence-electron chi connectivity index (χ0n) is 27.4. The average molecular weight is 593 g/mol. The summed E-state index contributed by atoms with van der Waals surface area (Å²) in [6.07, 6.45) is 18.6. The number of nitrogens with two attached hydrogens (primary N) is 2. The van der Waals surface area contributed by atoms with Crippen LogP contribution in [0.2, 0.25) is 0 Å². The Labute approximate surface area is 260 Å². The first-order valence-electron chi connectivity index (χ1n) is 18.3. The van der Waals surface area contributed by atoms with Crippen molar-refractivity contribution in [2.24, 2.45) is 74.6 Å². The molecule has 43 heavy (non-hydrogen) atoms. The van der Waals surface area contributed by atoms with E-state index in [9.17, 15) is 15.3 Å². The van der Waals surface area contributed by atoms with Crippen LogP contribution < -0.4 is 11.5 Å². The van der Waals surface area contributed by atoms with Gasteiger partial charge in [0.25, 0.3) is 0 Å². The van der Waals surface area contributed by atoms with Gasteiger partial charge < -0.3 is 26.8 Å². The van der Waals surface area contributed by atoms with Gasteiger partial charge in [0.2, 0.25) is 0 Å². The summed E-state index contributed by atoms with van der Waals surface area (Å²) in [5.41, 5.74) is 15.3. The van der Waals surface area contributed by atoms with Gasteiger partial charge in [0.1, 0.15) is 0 Å². The highest BCUT2D eigenvalue weighted by Gasteiger charge is 2.71. The molecule has 6 fully saturated rings. The highest BCUT2D eigenvalue weighted by Crippen LogP contribution is 2.74. The van der Waals surface area contributed by atoms with E-state index < -0.39 is 5.60 Å². The number of hydrogen-bond donors (Lipinski definition) is 5. The second-order valence-corrected chi connectivity index (χ2v) is 18.3. The largest absolute Gasteiger partial charge is 0.393 e. The molecule has 8 aliphatic rings. The second kappa shape index (κ2) is 9.43. The van der Waals surface area contributed by atoms with Crippen LogP contribution in [0.5, 0.6) is 0 Å².